The summed E-state index contributed by atoms with van der Waals surface area (Å²) < 4.78 is 4.87. The summed E-state index contributed by atoms with van der Waals surface area (Å²) in [6, 6.07) is 3.52. The molecule has 0 N–H and O–H groups in total. The second-order valence-electron chi connectivity index (χ2n) is 14.4. The maximum Gasteiger partial charge on any atom is 0.300 e. The van der Waals surface area contributed by atoms with E-state index in [0.29, 0.717) is 22.6 Å². The molecule has 1 aromatic heterocycles. The van der Waals surface area contributed by atoms with Gasteiger partial charge in [-0.1, -0.05) is 39.2 Å². The normalized spacial score (nSPS) is 34.4. The molecule has 0 aliphatic heterocycles. The third kappa shape index (κ3) is 4.60. The van der Waals surface area contributed by atoms with Crippen molar-refractivity contribution in [2.24, 2.45) is 40.4 Å². The lowest BCUT2D eigenvalue weighted by atomic mass is 9.46. The summed E-state index contributed by atoms with van der Waals surface area (Å²) in [7, 11) is 2.03. The van der Waals surface area contributed by atoms with Crippen molar-refractivity contribution in [3.63, 3.8) is 0 Å². The van der Waals surface area contributed by atoms with Crippen LogP contribution in [0.4, 0.5) is 11.4 Å². The van der Waals surface area contributed by atoms with Crippen LogP contribution in [-0.2, 0) is 4.79 Å². The van der Waals surface area contributed by atoms with Gasteiger partial charge >= 0.3 is 5.69 Å². The lowest BCUT2D eigenvalue weighted by molar-refractivity contribution is -0.383. The Bertz CT molecular complexity index is 1370. The Morgan fingerprint density at radius 1 is 1.05 bits per heavy atom. The van der Waals surface area contributed by atoms with Gasteiger partial charge < -0.3 is 4.90 Å². The largest absolute Gasteiger partial charge is 0.370 e. The first-order valence-electron chi connectivity index (χ1n) is 15.9. The van der Waals surface area contributed by atoms with Gasteiger partial charge in [0.15, 0.2) is 11.3 Å². The fourth-order valence-electron chi connectivity index (χ4n) is 10.2. The van der Waals surface area contributed by atoms with Gasteiger partial charge in [-0.3, -0.25) is 14.9 Å². The SMILES string of the molecule is CC(CCC[C@@H](C)[C@H]1CC[C@H]2[C@@H]3CCC4=CC(=O)CC[C@]4(C)[C@H]3CC[C@]12C)N(C)c1ccc([N+](=O)[O-])c2nonc12. The van der Waals surface area contributed by atoms with Crippen LogP contribution in [0.5, 0.6) is 0 Å². The van der Waals surface area contributed by atoms with Crippen LogP contribution in [0.3, 0.4) is 0 Å². The van der Waals surface area contributed by atoms with E-state index in [9.17, 15) is 14.9 Å². The number of ketones is 1. The van der Waals surface area contributed by atoms with E-state index in [1.54, 1.807) is 6.07 Å². The monoisotopic (exact) mass is 562 g/mol. The molecule has 2 aromatic rings. The molecule has 1 aromatic carbocycles. The highest BCUT2D eigenvalue weighted by Crippen LogP contribution is 2.67. The first-order chi connectivity index (χ1) is 19.5. The molecular formula is C33H46N4O4. The van der Waals surface area contributed by atoms with E-state index < -0.39 is 4.92 Å². The van der Waals surface area contributed by atoms with Crippen molar-refractivity contribution >= 4 is 28.2 Å². The summed E-state index contributed by atoms with van der Waals surface area (Å²) in [5.74, 6) is 4.24. The average Bonchev–Trinajstić information content (AvgIpc) is 3.57. The van der Waals surface area contributed by atoms with Crippen LogP contribution in [0.2, 0.25) is 0 Å². The molecule has 3 saturated carbocycles. The molecule has 0 bridgehead atoms. The summed E-state index contributed by atoms with van der Waals surface area (Å²) in [6.45, 7) is 9.82. The number of carbonyl (C=O) groups is 1. The van der Waals surface area contributed by atoms with Gasteiger partial charge in [0.25, 0.3) is 0 Å². The molecule has 4 aliphatic carbocycles. The fraction of sp³-hybridized carbons (Fsp3) is 0.727. The van der Waals surface area contributed by atoms with Crippen molar-refractivity contribution in [1.82, 2.24) is 10.3 Å². The molecule has 8 heteroatoms. The smallest absolute Gasteiger partial charge is 0.300 e. The number of rotatable bonds is 8. The first-order valence-corrected chi connectivity index (χ1v) is 15.9. The zero-order valence-electron chi connectivity index (χ0n) is 25.4. The number of nitrogens with zero attached hydrogens (tertiary/aromatic N) is 4. The van der Waals surface area contributed by atoms with Gasteiger partial charge in [-0.15, -0.1) is 0 Å². The molecular weight excluding hydrogens is 516 g/mol. The molecule has 0 spiro atoms. The molecule has 8 nitrogen and oxygen atoms in total. The zero-order valence-corrected chi connectivity index (χ0v) is 25.4. The number of hydrogen-bond donors (Lipinski definition) is 0. The molecule has 0 saturated heterocycles. The van der Waals surface area contributed by atoms with Crippen LogP contribution in [0.25, 0.3) is 11.0 Å². The number of aromatic nitrogens is 2. The highest BCUT2D eigenvalue weighted by Gasteiger charge is 2.59. The highest BCUT2D eigenvalue weighted by atomic mass is 16.6. The van der Waals surface area contributed by atoms with Gasteiger partial charge in [-0.25, -0.2) is 4.63 Å². The second-order valence-corrected chi connectivity index (χ2v) is 14.4. The van der Waals surface area contributed by atoms with E-state index in [4.69, 9.17) is 4.63 Å². The van der Waals surface area contributed by atoms with Gasteiger partial charge in [0.1, 0.15) is 0 Å². The predicted molar refractivity (Wildman–Crippen MR) is 160 cm³/mol. The first kappa shape index (κ1) is 28.4. The predicted octanol–water partition coefficient (Wildman–Crippen LogP) is 7.91. The molecule has 6 rings (SSSR count). The number of nitro benzene ring substituents is 1. The Balaban J connectivity index is 1.07. The number of fused-ring (bicyclic) bond motifs is 6. The van der Waals surface area contributed by atoms with Crippen LogP contribution in [0.15, 0.2) is 28.4 Å². The topological polar surface area (TPSA) is 102 Å². The fourth-order valence-corrected chi connectivity index (χ4v) is 10.2. The number of allylic oxidation sites excluding steroid dienone is 1. The summed E-state index contributed by atoms with van der Waals surface area (Å²) in [6.07, 6.45) is 15.1. The Morgan fingerprint density at radius 2 is 1.83 bits per heavy atom. The second kappa shape index (κ2) is 10.5. The van der Waals surface area contributed by atoms with E-state index >= 15 is 0 Å². The minimum Gasteiger partial charge on any atom is -0.370 e. The molecule has 1 unspecified atom stereocenters. The molecule has 8 atom stereocenters. The Kier molecular flexibility index (Phi) is 7.26. The van der Waals surface area contributed by atoms with Crippen molar-refractivity contribution in [2.45, 2.75) is 104 Å². The third-order valence-corrected chi connectivity index (χ3v) is 12.6. The average molecular weight is 563 g/mol. The van der Waals surface area contributed by atoms with E-state index in [2.05, 4.69) is 42.9 Å². The van der Waals surface area contributed by atoms with Gasteiger partial charge in [-0.05, 0) is 121 Å². The number of benzene rings is 1. The van der Waals surface area contributed by atoms with E-state index in [1.807, 2.05) is 13.1 Å². The maximum absolute atomic E-state index is 12.2. The van der Waals surface area contributed by atoms with Crippen LogP contribution in [-0.4, -0.2) is 34.1 Å². The molecule has 1 heterocycles. The minimum absolute atomic E-state index is 0.0784. The van der Waals surface area contributed by atoms with Gasteiger partial charge in [-0.2, -0.15) is 0 Å². The summed E-state index contributed by atoms with van der Waals surface area (Å²) in [5.41, 5.74) is 3.55. The Labute approximate surface area is 243 Å². The van der Waals surface area contributed by atoms with Gasteiger partial charge in [0.05, 0.1) is 10.6 Å². The van der Waals surface area contributed by atoms with E-state index in [-0.39, 0.29) is 22.7 Å². The van der Waals surface area contributed by atoms with Crippen molar-refractivity contribution < 1.29 is 14.3 Å². The van der Waals surface area contributed by atoms with Crippen molar-refractivity contribution in [2.75, 3.05) is 11.9 Å². The minimum atomic E-state index is -0.442. The van der Waals surface area contributed by atoms with Crippen LogP contribution >= 0.6 is 0 Å². The van der Waals surface area contributed by atoms with Crippen LogP contribution < -0.4 is 4.90 Å². The molecule has 0 radical (unpaired) electrons. The highest BCUT2D eigenvalue weighted by molar-refractivity contribution is 5.94. The number of anilines is 1. The number of carbonyl (C=O) groups excluding carboxylic acids is 1. The van der Waals surface area contributed by atoms with Crippen molar-refractivity contribution in [3.8, 4) is 0 Å². The number of nitro groups is 1. The summed E-state index contributed by atoms with van der Waals surface area (Å²) in [5, 5.41) is 19.1. The van der Waals surface area contributed by atoms with Crippen molar-refractivity contribution in [1.29, 1.82) is 0 Å². The van der Waals surface area contributed by atoms with Crippen LogP contribution in [0, 0.1) is 50.5 Å². The molecule has 0 amide bonds. The lowest BCUT2D eigenvalue weighted by Crippen LogP contribution is -2.51. The lowest BCUT2D eigenvalue weighted by Gasteiger charge is -2.58. The quantitative estimate of drug-likeness (QED) is 0.238. The van der Waals surface area contributed by atoms with E-state index in [1.165, 1.54) is 50.2 Å². The zero-order chi connectivity index (χ0) is 29.1. The van der Waals surface area contributed by atoms with Crippen LogP contribution in [0.1, 0.15) is 98.3 Å². The van der Waals surface area contributed by atoms with E-state index in [0.717, 1.165) is 61.5 Å². The molecule has 3 fully saturated rings. The molecule has 41 heavy (non-hydrogen) atoms. The summed E-state index contributed by atoms with van der Waals surface area (Å²) in [4.78, 5) is 25.3. The number of hydrogen-bond acceptors (Lipinski definition) is 7. The third-order valence-electron chi connectivity index (χ3n) is 12.6. The Morgan fingerprint density at radius 3 is 2.61 bits per heavy atom. The Hall–Kier alpha value is -2.77. The molecule has 4 aliphatic rings. The van der Waals surface area contributed by atoms with Gasteiger partial charge in [0.2, 0.25) is 5.52 Å². The van der Waals surface area contributed by atoms with Crippen molar-refractivity contribution in [3.05, 3.63) is 33.9 Å². The molecule has 222 valence electrons. The number of non-ortho nitro benzene ring substituents is 1. The summed E-state index contributed by atoms with van der Waals surface area (Å²) >= 11 is 0. The standard InChI is InChI=1S/C33H46N4O4/c1-20(7-6-8-21(2)36(5)28-13-14-29(37(39)40)31-30(28)34-41-35-31)25-11-12-26-24-10-9-22-19-23(38)15-17-32(22,3)27(24)16-18-33(25,26)4/h13-14,19-21,24-27H,6-12,15-18H2,1-5H3/t20-,21?,24+,25-,26+,27+,32+,33-/m1/s1. The van der Waals surface area contributed by atoms with Gasteiger partial charge in [0, 0.05) is 25.6 Å². The maximum atomic E-state index is 12.2.